The lowest BCUT2D eigenvalue weighted by atomic mass is 10.0. The minimum atomic E-state index is -4.42. The normalized spacial score (nSPS) is 13.5. The van der Waals surface area contributed by atoms with Crippen molar-refractivity contribution in [2.45, 2.75) is 232 Å². The van der Waals surface area contributed by atoms with Crippen LogP contribution in [0, 0.1) is 0 Å². The number of hydrogen-bond donors (Lipinski definition) is 3. The van der Waals surface area contributed by atoms with E-state index in [4.69, 9.17) is 13.8 Å². The molecule has 0 aromatic rings. The minimum Gasteiger partial charge on any atom is -0.463 e. The van der Waals surface area contributed by atoms with Crippen molar-refractivity contribution in [1.29, 1.82) is 0 Å². The molecule has 2 unspecified atom stereocenters. The molecule has 340 valence electrons. The summed E-state index contributed by atoms with van der Waals surface area (Å²) in [5.74, 6) is -0.514. The summed E-state index contributed by atoms with van der Waals surface area (Å²) in [6, 6.07) is 0. The van der Waals surface area contributed by atoms with Crippen LogP contribution in [-0.2, 0) is 27.9 Å². The van der Waals surface area contributed by atoms with E-state index in [0.717, 1.165) is 51.4 Å². The van der Waals surface area contributed by atoms with Crippen molar-refractivity contribution in [2.24, 2.45) is 0 Å². The Labute approximate surface area is 356 Å². The number of allylic oxidation sites excluding steroid dienone is 6. The number of amides is 1. The molecule has 0 radical (unpaired) electrons. The molecule has 0 fully saturated rings. The Morgan fingerprint density at radius 1 is 0.534 bits per heavy atom. The van der Waals surface area contributed by atoms with Crippen LogP contribution >= 0.6 is 7.82 Å². The van der Waals surface area contributed by atoms with Crippen LogP contribution in [0.3, 0.4) is 0 Å². The van der Waals surface area contributed by atoms with E-state index in [2.05, 4.69) is 55.6 Å². The highest BCUT2D eigenvalue weighted by atomic mass is 31.2. The molecule has 1 amide bonds. The lowest BCUT2D eigenvalue weighted by Crippen LogP contribution is -2.27. The first-order valence-corrected chi connectivity index (χ1v) is 25.5. The van der Waals surface area contributed by atoms with Gasteiger partial charge in [-0.1, -0.05) is 198 Å². The van der Waals surface area contributed by atoms with Gasteiger partial charge in [0.05, 0.1) is 13.2 Å². The fourth-order valence-corrected chi connectivity index (χ4v) is 7.44. The van der Waals surface area contributed by atoms with Crippen molar-refractivity contribution in [3.63, 3.8) is 0 Å². The molecule has 58 heavy (non-hydrogen) atoms. The van der Waals surface area contributed by atoms with E-state index < -0.39 is 26.5 Å². The number of aliphatic hydroxyl groups excluding tert-OH is 1. The molecule has 0 heterocycles. The van der Waals surface area contributed by atoms with Gasteiger partial charge in [0.15, 0.2) is 0 Å². The number of unbranched alkanes of at least 4 members (excludes halogenated alkanes) is 26. The van der Waals surface area contributed by atoms with Gasteiger partial charge in [0.1, 0.15) is 12.7 Å². The molecule has 0 aliphatic heterocycles. The summed E-state index contributed by atoms with van der Waals surface area (Å²) in [5, 5.41) is 12.7. The Morgan fingerprint density at radius 2 is 0.931 bits per heavy atom. The van der Waals surface area contributed by atoms with Crippen molar-refractivity contribution < 1.29 is 37.9 Å². The Balaban J connectivity index is 3.57. The fraction of sp³-hybridized carbons (Fsp3) is 0.833. The van der Waals surface area contributed by atoms with Gasteiger partial charge in [0.25, 0.3) is 0 Å². The highest BCUT2D eigenvalue weighted by molar-refractivity contribution is 7.47. The summed E-state index contributed by atoms with van der Waals surface area (Å²) in [6.45, 7) is 3.55. The van der Waals surface area contributed by atoms with Crippen molar-refractivity contribution >= 4 is 19.7 Å². The number of nitrogens with one attached hydrogen (secondary N) is 1. The molecule has 0 spiro atoms. The van der Waals surface area contributed by atoms with Gasteiger partial charge in [-0.05, 0) is 51.4 Å². The standard InChI is InChI=1S/C48H90NO8P/c1-3-5-7-9-11-13-15-17-19-20-21-22-23-24-25-26-27-29-31-33-35-37-39-41-48(52)55-44-46(50)45-57-58(53,54)56-43-42-49-47(51)40-38-36-34-32-30-28-18-16-14-12-10-8-6-4-2/h11,13,17,19,21-22,46,50H,3-10,12,14-16,18,20,23-45H2,1-2H3,(H,49,51)(H,53,54)/b13-11-,19-17-,22-21-. The monoisotopic (exact) mass is 840 g/mol. The SMILES string of the molecule is CCCCC/C=C\C/C=C\C/C=C\CCCCCCCCCCCCC(=O)OCC(O)COP(=O)(O)OCCNC(=O)CCCCCCCCCCCCCCCC. The lowest BCUT2D eigenvalue weighted by Gasteiger charge is -2.15. The van der Waals surface area contributed by atoms with Gasteiger partial charge in [-0.25, -0.2) is 4.57 Å². The summed E-state index contributed by atoms with van der Waals surface area (Å²) in [5.41, 5.74) is 0. The molecule has 0 aromatic heterocycles. The van der Waals surface area contributed by atoms with Crippen molar-refractivity contribution in [3.05, 3.63) is 36.5 Å². The summed E-state index contributed by atoms with van der Waals surface area (Å²) >= 11 is 0. The molecule has 9 nitrogen and oxygen atoms in total. The summed E-state index contributed by atoms with van der Waals surface area (Å²) in [7, 11) is -4.42. The van der Waals surface area contributed by atoms with Crippen molar-refractivity contribution in [3.8, 4) is 0 Å². The topological polar surface area (TPSA) is 131 Å². The summed E-state index contributed by atoms with van der Waals surface area (Å²) < 4.78 is 26.9. The maximum atomic E-state index is 12.1. The number of carbonyl (C=O) groups is 2. The van der Waals surface area contributed by atoms with Gasteiger partial charge < -0.3 is 20.1 Å². The van der Waals surface area contributed by atoms with Crippen molar-refractivity contribution in [2.75, 3.05) is 26.4 Å². The van der Waals surface area contributed by atoms with Crippen LogP contribution in [0.1, 0.15) is 226 Å². The number of phosphoric acid groups is 1. The number of carbonyl (C=O) groups excluding carboxylic acids is 2. The molecule has 0 aliphatic carbocycles. The average Bonchev–Trinajstić information content (AvgIpc) is 3.21. The quantitative estimate of drug-likeness (QED) is 0.0239. The van der Waals surface area contributed by atoms with Gasteiger partial charge in [0.2, 0.25) is 5.91 Å². The van der Waals surface area contributed by atoms with E-state index in [0.29, 0.717) is 6.42 Å². The highest BCUT2D eigenvalue weighted by Crippen LogP contribution is 2.42. The van der Waals surface area contributed by atoms with Gasteiger partial charge in [-0.2, -0.15) is 0 Å². The highest BCUT2D eigenvalue weighted by Gasteiger charge is 2.23. The third kappa shape index (κ3) is 45.3. The Hall–Kier alpha value is -1.77. The van der Waals surface area contributed by atoms with E-state index in [1.54, 1.807) is 0 Å². The average molecular weight is 840 g/mol. The first kappa shape index (κ1) is 56.2. The predicted octanol–water partition coefficient (Wildman–Crippen LogP) is 13.7. The van der Waals surface area contributed by atoms with E-state index in [1.807, 2.05) is 0 Å². The molecule has 0 rings (SSSR count). The van der Waals surface area contributed by atoms with E-state index >= 15 is 0 Å². The fourth-order valence-electron chi connectivity index (χ4n) is 6.68. The second-order valence-corrected chi connectivity index (χ2v) is 17.5. The second kappa shape index (κ2) is 44.8. The largest absolute Gasteiger partial charge is 0.472 e. The molecule has 0 bridgehead atoms. The van der Waals surface area contributed by atoms with Gasteiger partial charge in [0, 0.05) is 19.4 Å². The number of aliphatic hydroxyl groups is 1. The number of hydrogen-bond acceptors (Lipinski definition) is 7. The van der Waals surface area contributed by atoms with Crippen LogP contribution in [0.5, 0.6) is 0 Å². The van der Waals surface area contributed by atoms with Crippen LogP contribution in [0.2, 0.25) is 0 Å². The zero-order chi connectivity index (χ0) is 42.5. The Kier molecular flexibility index (Phi) is 43.4. The molecule has 10 heteroatoms. The maximum absolute atomic E-state index is 12.1. The first-order valence-electron chi connectivity index (χ1n) is 24.0. The van der Waals surface area contributed by atoms with Crippen LogP contribution in [0.15, 0.2) is 36.5 Å². The lowest BCUT2D eigenvalue weighted by molar-refractivity contribution is -0.147. The van der Waals surface area contributed by atoms with Crippen molar-refractivity contribution in [1.82, 2.24) is 5.32 Å². The zero-order valence-electron chi connectivity index (χ0n) is 37.5. The molecular weight excluding hydrogens is 750 g/mol. The van der Waals surface area contributed by atoms with E-state index in [9.17, 15) is 24.2 Å². The van der Waals surface area contributed by atoms with Gasteiger partial charge in [-0.15, -0.1) is 0 Å². The summed E-state index contributed by atoms with van der Waals surface area (Å²) in [6.07, 6.45) is 50.7. The van der Waals surface area contributed by atoms with Crippen LogP contribution < -0.4 is 5.32 Å². The molecular formula is C48H90NO8P. The Bertz CT molecular complexity index is 1050. The third-order valence-corrected chi connectivity index (χ3v) is 11.3. The molecule has 3 N–H and O–H groups in total. The number of ether oxygens (including phenoxy) is 1. The second-order valence-electron chi connectivity index (χ2n) is 16.1. The smallest absolute Gasteiger partial charge is 0.463 e. The number of rotatable bonds is 45. The minimum absolute atomic E-state index is 0.0840. The van der Waals surface area contributed by atoms with E-state index in [1.165, 1.54) is 148 Å². The van der Waals surface area contributed by atoms with Crippen LogP contribution in [0.25, 0.3) is 0 Å². The van der Waals surface area contributed by atoms with Gasteiger partial charge >= 0.3 is 13.8 Å². The number of esters is 1. The predicted molar refractivity (Wildman–Crippen MR) is 243 cm³/mol. The molecule has 2 atom stereocenters. The molecule has 0 saturated carbocycles. The van der Waals surface area contributed by atoms with Gasteiger partial charge in [-0.3, -0.25) is 18.6 Å². The molecule has 0 aliphatic rings. The maximum Gasteiger partial charge on any atom is 0.472 e. The Morgan fingerprint density at radius 3 is 1.43 bits per heavy atom. The van der Waals surface area contributed by atoms with E-state index in [-0.39, 0.29) is 32.1 Å². The molecule has 0 aromatic carbocycles. The zero-order valence-corrected chi connectivity index (χ0v) is 38.4. The van der Waals surface area contributed by atoms with Crippen LogP contribution in [0.4, 0.5) is 0 Å². The van der Waals surface area contributed by atoms with Crippen LogP contribution in [-0.4, -0.2) is 54.3 Å². The third-order valence-electron chi connectivity index (χ3n) is 10.3. The first-order chi connectivity index (χ1) is 28.3. The summed E-state index contributed by atoms with van der Waals surface area (Å²) in [4.78, 5) is 34.0. The molecule has 0 saturated heterocycles. The number of phosphoric ester groups is 1.